The summed E-state index contributed by atoms with van der Waals surface area (Å²) >= 11 is 4.43. The van der Waals surface area contributed by atoms with Gasteiger partial charge in [0.2, 0.25) is 0 Å². The van der Waals surface area contributed by atoms with Crippen LogP contribution in [0.15, 0.2) is 40.9 Å². The Balaban J connectivity index is 1.79. The molecule has 2 aromatic rings. The summed E-state index contributed by atoms with van der Waals surface area (Å²) in [5.41, 5.74) is 4.64. The number of halogens is 2. The number of allylic oxidation sites excluding steroid dienone is 1. The third kappa shape index (κ3) is 5.01. The smallest absolute Gasteiger partial charge is 0.151 e. The number of thiocarbonyl (C=S) groups is 1. The lowest BCUT2D eigenvalue weighted by atomic mass is 9.90. The minimum absolute atomic E-state index is 0.0128. The van der Waals surface area contributed by atoms with E-state index < -0.39 is 11.6 Å². The van der Waals surface area contributed by atoms with E-state index >= 15 is 0 Å². The highest BCUT2D eigenvalue weighted by molar-refractivity contribution is 7.78. The van der Waals surface area contributed by atoms with Crippen LogP contribution in [0, 0.1) is 23.5 Å². The van der Waals surface area contributed by atoms with Crippen LogP contribution in [-0.4, -0.2) is 5.16 Å². The first kappa shape index (κ1) is 20.1. The molecule has 142 valence electrons. The van der Waals surface area contributed by atoms with Crippen molar-refractivity contribution in [2.75, 3.05) is 0 Å². The number of hydrogen-bond donors (Lipinski definition) is 0. The Kier molecular flexibility index (Phi) is 6.87. The van der Waals surface area contributed by atoms with E-state index in [2.05, 4.69) is 54.2 Å². The molecule has 0 saturated heterocycles. The molecular weight excluding hydrogens is 372 g/mol. The van der Waals surface area contributed by atoms with Crippen molar-refractivity contribution in [3.8, 4) is 11.8 Å². The number of fused-ring (bicyclic) bond motifs is 1. The molecular formula is C24H21F2NS. The van der Waals surface area contributed by atoms with Gasteiger partial charge < -0.3 is 0 Å². The van der Waals surface area contributed by atoms with Crippen molar-refractivity contribution in [1.29, 1.82) is 0 Å². The topological polar surface area (TPSA) is 12.4 Å². The van der Waals surface area contributed by atoms with E-state index in [4.69, 9.17) is 0 Å². The van der Waals surface area contributed by atoms with E-state index in [1.807, 2.05) is 11.2 Å². The normalized spacial score (nSPS) is 12.3. The van der Waals surface area contributed by atoms with Gasteiger partial charge >= 0.3 is 0 Å². The van der Waals surface area contributed by atoms with Gasteiger partial charge in [-0.15, -0.1) is 0 Å². The maximum atomic E-state index is 14.1. The minimum Gasteiger partial charge on any atom is -0.206 e. The first-order chi connectivity index (χ1) is 13.6. The molecule has 0 unspecified atom stereocenters. The Labute approximate surface area is 170 Å². The average molecular weight is 394 g/mol. The highest BCUT2D eigenvalue weighted by Crippen LogP contribution is 2.26. The number of benzene rings is 2. The minimum atomic E-state index is -0.665. The molecule has 0 bridgehead atoms. The lowest BCUT2D eigenvalue weighted by Gasteiger charge is -2.15. The summed E-state index contributed by atoms with van der Waals surface area (Å²) in [6.07, 6.45) is 8.58. The van der Waals surface area contributed by atoms with Crippen molar-refractivity contribution in [3.05, 3.63) is 69.8 Å². The van der Waals surface area contributed by atoms with E-state index in [1.54, 1.807) is 0 Å². The van der Waals surface area contributed by atoms with Gasteiger partial charge in [-0.2, -0.15) is 4.99 Å². The Bertz CT molecular complexity index is 1020. The Morgan fingerprint density at radius 2 is 1.89 bits per heavy atom. The summed E-state index contributed by atoms with van der Waals surface area (Å²) in [7, 11) is 0. The third-order valence-corrected chi connectivity index (χ3v) is 4.92. The molecule has 0 amide bonds. The third-order valence-electron chi connectivity index (χ3n) is 4.83. The van der Waals surface area contributed by atoms with E-state index in [0.29, 0.717) is 0 Å². The summed E-state index contributed by atoms with van der Waals surface area (Å²) in [5.74, 6) is 4.46. The molecule has 0 radical (unpaired) electrons. The van der Waals surface area contributed by atoms with E-state index in [1.165, 1.54) is 30.4 Å². The first-order valence-corrected chi connectivity index (χ1v) is 9.93. The molecule has 3 rings (SSSR count). The second-order valence-corrected chi connectivity index (χ2v) is 7.08. The number of aliphatic imine (C=N–C) groups is 1. The second-order valence-electron chi connectivity index (χ2n) is 6.90. The number of nitrogens with zero attached hydrogens (tertiary/aromatic N) is 1. The molecule has 0 fully saturated rings. The standard InChI is InChI=1S/C24H21F2NS/c1-2-3-4-5-17-6-9-20-13-18(7-10-19(20)12-17)8-11-21-14-23(26)24(27-16-28)15-22(21)25/h6,9,12-15H,2-5,7,10H2,1H3. The first-order valence-electron chi connectivity index (χ1n) is 9.52. The number of unbranched alkanes of at least 4 members (excludes halogenated alkanes) is 2. The fourth-order valence-corrected chi connectivity index (χ4v) is 3.39. The van der Waals surface area contributed by atoms with Crippen LogP contribution < -0.4 is 0 Å². The molecule has 0 saturated carbocycles. The maximum Gasteiger partial charge on any atom is 0.151 e. The molecule has 2 aromatic carbocycles. The zero-order chi connectivity index (χ0) is 19.9. The lowest BCUT2D eigenvalue weighted by Crippen LogP contribution is -2.00. The Hall–Kier alpha value is -2.60. The lowest BCUT2D eigenvalue weighted by molar-refractivity contribution is 0.599. The molecule has 1 aliphatic rings. The Morgan fingerprint density at radius 3 is 2.68 bits per heavy atom. The van der Waals surface area contributed by atoms with Gasteiger partial charge in [-0.1, -0.05) is 49.8 Å². The van der Waals surface area contributed by atoms with Crippen LogP contribution in [-0.2, 0) is 12.8 Å². The van der Waals surface area contributed by atoms with Crippen molar-refractivity contribution in [2.45, 2.75) is 45.4 Å². The van der Waals surface area contributed by atoms with Gasteiger partial charge in [0.05, 0.1) is 10.7 Å². The van der Waals surface area contributed by atoms with E-state index in [0.717, 1.165) is 42.5 Å². The van der Waals surface area contributed by atoms with Crippen molar-refractivity contribution >= 4 is 29.1 Å². The van der Waals surface area contributed by atoms with Gasteiger partial charge in [0, 0.05) is 11.6 Å². The van der Waals surface area contributed by atoms with Crippen LogP contribution in [0.1, 0.15) is 54.9 Å². The summed E-state index contributed by atoms with van der Waals surface area (Å²) in [4.78, 5) is 3.50. The second kappa shape index (κ2) is 9.55. The van der Waals surface area contributed by atoms with Gasteiger partial charge in [-0.3, -0.25) is 0 Å². The molecule has 0 heterocycles. The van der Waals surface area contributed by atoms with Gasteiger partial charge in [-0.05, 0) is 66.7 Å². The molecule has 4 heteroatoms. The number of hydrogen-bond acceptors (Lipinski definition) is 2. The Morgan fingerprint density at radius 1 is 1.04 bits per heavy atom. The highest BCUT2D eigenvalue weighted by atomic mass is 32.1. The predicted molar refractivity (Wildman–Crippen MR) is 114 cm³/mol. The van der Waals surface area contributed by atoms with Crippen LogP contribution >= 0.6 is 12.2 Å². The molecule has 1 nitrogen and oxygen atoms in total. The zero-order valence-corrected chi connectivity index (χ0v) is 16.6. The summed E-state index contributed by atoms with van der Waals surface area (Å²) in [6, 6.07) is 8.63. The fourth-order valence-electron chi connectivity index (χ4n) is 3.29. The summed E-state index contributed by atoms with van der Waals surface area (Å²) < 4.78 is 28.0. The van der Waals surface area contributed by atoms with Gasteiger partial charge in [0.15, 0.2) is 5.82 Å². The molecule has 0 aromatic heterocycles. The number of rotatable bonds is 5. The van der Waals surface area contributed by atoms with Gasteiger partial charge in [0.25, 0.3) is 0 Å². The van der Waals surface area contributed by atoms with Crippen LogP contribution in [0.5, 0.6) is 0 Å². The maximum absolute atomic E-state index is 14.1. The van der Waals surface area contributed by atoms with Crippen LogP contribution in [0.25, 0.3) is 6.08 Å². The quantitative estimate of drug-likeness (QED) is 0.235. The number of aryl methyl sites for hydroxylation is 2. The number of isothiocyanates is 1. The average Bonchev–Trinajstić information content (AvgIpc) is 2.69. The van der Waals surface area contributed by atoms with Crippen molar-refractivity contribution in [3.63, 3.8) is 0 Å². The van der Waals surface area contributed by atoms with Gasteiger partial charge in [0.1, 0.15) is 11.5 Å². The monoisotopic (exact) mass is 393 g/mol. The molecule has 0 spiro atoms. The molecule has 28 heavy (non-hydrogen) atoms. The van der Waals surface area contributed by atoms with Crippen LogP contribution in [0.3, 0.4) is 0 Å². The van der Waals surface area contributed by atoms with E-state index in [-0.39, 0.29) is 11.3 Å². The van der Waals surface area contributed by atoms with Crippen molar-refractivity contribution in [1.82, 2.24) is 0 Å². The summed E-state index contributed by atoms with van der Waals surface area (Å²) in [6.45, 7) is 2.21. The summed E-state index contributed by atoms with van der Waals surface area (Å²) in [5, 5.41) is 2.04. The fraction of sp³-hybridized carbons (Fsp3) is 0.292. The van der Waals surface area contributed by atoms with Crippen LogP contribution in [0.4, 0.5) is 14.5 Å². The largest absolute Gasteiger partial charge is 0.206 e. The molecule has 1 aliphatic carbocycles. The zero-order valence-electron chi connectivity index (χ0n) is 15.8. The van der Waals surface area contributed by atoms with Crippen LogP contribution in [0.2, 0.25) is 0 Å². The molecule has 0 N–H and O–H groups in total. The van der Waals surface area contributed by atoms with Crippen molar-refractivity contribution < 1.29 is 8.78 Å². The van der Waals surface area contributed by atoms with Gasteiger partial charge in [-0.25, -0.2) is 8.78 Å². The predicted octanol–water partition coefficient (Wildman–Crippen LogP) is 6.81. The highest BCUT2D eigenvalue weighted by Gasteiger charge is 2.11. The molecule has 0 atom stereocenters. The molecule has 0 aliphatic heterocycles. The van der Waals surface area contributed by atoms with E-state index in [9.17, 15) is 8.78 Å². The SMILES string of the molecule is CCCCCc1ccc2c(c1)CCC(C#Cc1cc(F)c(N=C=S)cc1F)=C2. The van der Waals surface area contributed by atoms with Crippen molar-refractivity contribution in [2.24, 2.45) is 4.99 Å².